The number of unbranched alkanes of at least 4 members (excludes halogenated alkanes) is 12. The highest BCUT2D eigenvalue weighted by atomic mass is 16.6. The molecule has 0 aromatic carbocycles. The molecule has 2 saturated heterocycles. The van der Waals surface area contributed by atoms with E-state index in [1.807, 2.05) is 7.05 Å². The summed E-state index contributed by atoms with van der Waals surface area (Å²) < 4.78 is 23.5. The lowest BCUT2D eigenvalue weighted by Gasteiger charge is -2.23. The minimum atomic E-state index is -0.766. The normalized spacial score (nSPS) is 33.2. The van der Waals surface area contributed by atoms with E-state index in [-0.39, 0.29) is 37.0 Å². The second-order valence-corrected chi connectivity index (χ2v) is 20.8. The summed E-state index contributed by atoms with van der Waals surface area (Å²) in [5.74, 6) is 7.23. The average molecular weight is 826 g/mol. The summed E-state index contributed by atoms with van der Waals surface area (Å²) in [6.45, 7) is 6.30. The maximum absolute atomic E-state index is 13.1. The van der Waals surface area contributed by atoms with E-state index in [2.05, 4.69) is 18.7 Å². The van der Waals surface area contributed by atoms with Gasteiger partial charge < -0.3 is 23.8 Å². The van der Waals surface area contributed by atoms with Crippen molar-refractivity contribution in [2.75, 3.05) is 33.4 Å². The standard InChI is InChI=1S/C51H87NO7/c1-4-6-14-20-37-28-42(37)32-44-30-39(44)22-16-10-8-12-18-24-48(53)58-47-36-56-46(35-57-51(55)41-26-27-52(3)34-41)50(47)59-49(54)25-19-13-9-11-17-23-40-31-45(40)33-43-29-38(43)21-15-7-5-2/h37-47,50H,4-36H2,1-3H3/t37?,38?,39?,40?,41?,42?,43?,44?,45?,46-,47+,50+/m1/s1. The lowest BCUT2D eigenvalue weighted by atomic mass is 10.0. The summed E-state index contributed by atoms with van der Waals surface area (Å²) in [5, 5.41) is 0. The topological polar surface area (TPSA) is 91.4 Å². The Morgan fingerprint density at radius 2 is 1.03 bits per heavy atom. The van der Waals surface area contributed by atoms with Gasteiger partial charge in [0, 0.05) is 19.4 Å². The average Bonchev–Trinajstić information content (AvgIpc) is 4.16. The van der Waals surface area contributed by atoms with Crippen LogP contribution >= 0.6 is 0 Å². The molecule has 0 spiro atoms. The van der Waals surface area contributed by atoms with E-state index in [1.54, 1.807) is 0 Å². The summed E-state index contributed by atoms with van der Waals surface area (Å²) in [6.07, 6.45) is 33.4. The molecule has 0 amide bonds. The van der Waals surface area contributed by atoms with Gasteiger partial charge in [0.2, 0.25) is 0 Å². The highest BCUT2D eigenvalue weighted by molar-refractivity contribution is 5.73. The van der Waals surface area contributed by atoms with E-state index < -0.39 is 18.3 Å². The van der Waals surface area contributed by atoms with Crippen LogP contribution in [0.25, 0.3) is 0 Å². The molecule has 6 rings (SSSR count). The van der Waals surface area contributed by atoms with Crippen LogP contribution in [0.15, 0.2) is 0 Å². The molecule has 59 heavy (non-hydrogen) atoms. The zero-order valence-electron chi connectivity index (χ0n) is 38.1. The van der Waals surface area contributed by atoms with Gasteiger partial charge in [0.25, 0.3) is 0 Å². The van der Waals surface area contributed by atoms with Crippen molar-refractivity contribution in [2.45, 2.75) is 218 Å². The van der Waals surface area contributed by atoms with E-state index >= 15 is 0 Å². The maximum Gasteiger partial charge on any atom is 0.310 e. The SMILES string of the molecule is CCCCCC1CC1CC1CC1CCCCCCCC(=O)O[C@@H]1[C@@H](OC(=O)CCCCCCCC2CC2CC2CC2CCCCC)CO[C@@H]1COC(=O)C1CCN(C)C1. The monoisotopic (exact) mass is 826 g/mol. The van der Waals surface area contributed by atoms with Gasteiger partial charge in [-0.1, -0.05) is 129 Å². The first kappa shape index (κ1) is 46.8. The van der Waals surface area contributed by atoms with Gasteiger partial charge in [-0.25, -0.2) is 0 Å². The first-order valence-corrected chi connectivity index (χ1v) is 25.7. The van der Waals surface area contributed by atoms with E-state index in [0.29, 0.717) is 19.4 Å². The number of likely N-dealkylation sites (tertiary alicyclic amines) is 1. The lowest BCUT2D eigenvalue weighted by Crippen LogP contribution is -2.40. The molecule has 4 saturated carbocycles. The first-order chi connectivity index (χ1) is 28.8. The summed E-state index contributed by atoms with van der Waals surface area (Å²) in [7, 11) is 2.01. The molecule has 0 aromatic rings. The largest absolute Gasteiger partial charge is 0.463 e. The van der Waals surface area contributed by atoms with Crippen LogP contribution in [-0.2, 0) is 33.3 Å². The molecule has 8 heteroatoms. The van der Waals surface area contributed by atoms with Crippen molar-refractivity contribution in [2.24, 2.45) is 53.3 Å². The lowest BCUT2D eigenvalue weighted by molar-refractivity contribution is -0.168. The van der Waals surface area contributed by atoms with Gasteiger partial charge in [-0.2, -0.15) is 0 Å². The van der Waals surface area contributed by atoms with Crippen molar-refractivity contribution in [3.8, 4) is 0 Å². The van der Waals surface area contributed by atoms with Crippen molar-refractivity contribution in [3.63, 3.8) is 0 Å². The Morgan fingerprint density at radius 1 is 0.576 bits per heavy atom. The van der Waals surface area contributed by atoms with Crippen molar-refractivity contribution in [1.82, 2.24) is 4.90 Å². The van der Waals surface area contributed by atoms with Crippen LogP contribution in [0, 0.1) is 53.3 Å². The Kier molecular flexibility index (Phi) is 19.7. The third-order valence-electron chi connectivity index (χ3n) is 15.6. The molecule has 2 heterocycles. The van der Waals surface area contributed by atoms with Crippen molar-refractivity contribution in [1.29, 1.82) is 0 Å². The number of nitrogens with zero attached hydrogens (tertiary/aromatic N) is 1. The van der Waals surface area contributed by atoms with Crippen molar-refractivity contribution >= 4 is 17.9 Å². The van der Waals surface area contributed by atoms with Crippen LogP contribution in [0.5, 0.6) is 0 Å². The highest BCUT2D eigenvalue weighted by Crippen LogP contribution is 2.55. The van der Waals surface area contributed by atoms with Gasteiger partial charge in [0.15, 0.2) is 12.2 Å². The molecule has 6 aliphatic rings. The fourth-order valence-corrected chi connectivity index (χ4v) is 11.2. The van der Waals surface area contributed by atoms with Crippen LogP contribution < -0.4 is 0 Å². The molecule has 0 radical (unpaired) electrons. The number of rotatable bonds is 33. The summed E-state index contributed by atoms with van der Waals surface area (Å²) in [6, 6.07) is 0. The molecule has 4 aliphatic carbocycles. The highest BCUT2D eigenvalue weighted by Gasteiger charge is 2.46. The Hall–Kier alpha value is -1.67. The van der Waals surface area contributed by atoms with E-state index in [4.69, 9.17) is 18.9 Å². The van der Waals surface area contributed by atoms with Crippen LogP contribution in [0.3, 0.4) is 0 Å². The molecule has 2 aliphatic heterocycles. The minimum Gasteiger partial charge on any atom is -0.463 e. The molecule has 0 aromatic heterocycles. The summed E-state index contributed by atoms with van der Waals surface area (Å²) in [5.41, 5.74) is 0. The molecule has 6 fully saturated rings. The zero-order valence-corrected chi connectivity index (χ0v) is 38.1. The third-order valence-corrected chi connectivity index (χ3v) is 15.6. The second kappa shape index (κ2) is 24.8. The van der Waals surface area contributed by atoms with Gasteiger partial charge in [-0.3, -0.25) is 14.4 Å². The second-order valence-electron chi connectivity index (χ2n) is 20.8. The first-order valence-electron chi connectivity index (χ1n) is 25.7. The third kappa shape index (κ3) is 16.9. The number of carbonyl (C=O) groups excluding carboxylic acids is 3. The Labute approximate surface area is 360 Å². The fourth-order valence-electron chi connectivity index (χ4n) is 11.2. The zero-order chi connectivity index (χ0) is 41.4. The van der Waals surface area contributed by atoms with E-state index in [1.165, 1.54) is 128 Å². The van der Waals surface area contributed by atoms with Crippen LogP contribution in [0.4, 0.5) is 0 Å². The van der Waals surface area contributed by atoms with Crippen LogP contribution in [0.2, 0.25) is 0 Å². The Bertz CT molecular complexity index is 1260. The number of carbonyl (C=O) groups is 3. The van der Waals surface area contributed by atoms with Gasteiger partial charge in [0.05, 0.1) is 12.5 Å². The molecule has 8 nitrogen and oxygen atoms in total. The molecular formula is C51H87NO7. The Balaban J connectivity index is 0.806. The van der Waals surface area contributed by atoms with Crippen molar-refractivity contribution < 1.29 is 33.3 Å². The maximum atomic E-state index is 13.1. The van der Waals surface area contributed by atoms with Crippen molar-refractivity contribution in [3.05, 3.63) is 0 Å². The number of esters is 3. The summed E-state index contributed by atoms with van der Waals surface area (Å²) >= 11 is 0. The Morgan fingerprint density at radius 3 is 1.51 bits per heavy atom. The number of hydrogen-bond acceptors (Lipinski definition) is 8. The van der Waals surface area contributed by atoms with Crippen LogP contribution in [-0.4, -0.2) is 74.5 Å². The molecular weight excluding hydrogens is 739 g/mol. The van der Waals surface area contributed by atoms with Crippen LogP contribution in [0.1, 0.15) is 200 Å². The molecule has 12 atom stereocenters. The quantitative estimate of drug-likeness (QED) is 0.0367. The molecule has 9 unspecified atom stereocenters. The predicted molar refractivity (Wildman–Crippen MR) is 235 cm³/mol. The number of hydrogen-bond donors (Lipinski definition) is 0. The van der Waals surface area contributed by atoms with Gasteiger partial charge in [-0.15, -0.1) is 0 Å². The minimum absolute atomic E-state index is 0.00512. The molecule has 0 bridgehead atoms. The van der Waals surface area contributed by atoms with E-state index in [0.717, 1.165) is 98.8 Å². The van der Waals surface area contributed by atoms with Gasteiger partial charge >= 0.3 is 17.9 Å². The smallest absolute Gasteiger partial charge is 0.310 e. The summed E-state index contributed by atoms with van der Waals surface area (Å²) in [4.78, 5) is 41.0. The molecule has 338 valence electrons. The van der Waals surface area contributed by atoms with E-state index in [9.17, 15) is 14.4 Å². The van der Waals surface area contributed by atoms with Gasteiger partial charge in [-0.05, 0) is 119 Å². The molecule has 0 N–H and O–H groups in total. The van der Waals surface area contributed by atoms with Gasteiger partial charge in [0.1, 0.15) is 12.7 Å². The predicted octanol–water partition coefficient (Wildman–Crippen LogP) is 11.7. The number of ether oxygens (including phenoxy) is 4. The fraction of sp³-hybridized carbons (Fsp3) is 0.941.